The first kappa shape index (κ1) is 12.5. The van der Waals surface area contributed by atoms with Crippen molar-refractivity contribution < 1.29 is 5.11 Å². The maximum absolute atomic E-state index is 10.2. The van der Waals surface area contributed by atoms with Gasteiger partial charge in [-0.05, 0) is 42.6 Å². The Morgan fingerprint density at radius 2 is 2.05 bits per heavy atom. The number of fused-ring (bicyclic) bond motifs is 1. The van der Waals surface area contributed by atoms with Gasteiger partial charge in [-0.2, -0.15) is 0 Å². The van der Waals surface area contributed by atoms with E-state index in [0.717, 1.165) is 18.7 Å². The van der Waals surface area contributed by atoms with Crippen molar-refractivity contribution in [3.63, 3.8) is 0 Å². The van der Waals surface area contributed by atoms with Gasteiger partial charge in [0.25, 0.3) is 0 Å². The van der Waals surface area contributed by atoms with Crippen LogP contribution < -0.4 is 0 Å². The molecule has 0 aliphatic carbocycles. The van der Waals surface area contributed by atoms with Crippen molar-refractivity contribution in [3.05, 3.63) is 42.0 Å². The van der Waals surface area contributed by atoms with Crippen LogP contribution >= 0.6 is 0 Å². The molecule has 0 radical (unpaired) electrons. The van der Waals surface area contributed by atoms with E-state index >= 15 is 0 Å². The van der Waals surface area contributed by atoms with E-state index in [2.05, 4.69) is 24.0 Å². The molecule has 1 saturated heterocycles. The molecular weight excluding hydrogens is 234 g/mol. The number of hydrogen-bond acceptors (Lipinski definition) is 2. The summed E-state index contributed by atoms with van der Waals surface area (Å²) in [7, 11) is 0. The van der Waals surface area contributed by atoms with Crippen molar-refractivity contribution in [2.24, 2.45) is 0 Å². The smallest absolute Gasteiger partial charge is 0.120 e. The minimum Gasteiger partial charge on any atom is -0.508 e. The predicted octanol–water partition coefficient (Wildman–Crippen LogP) is 3.92. The third-order valence-corrected chi connectivity index (χ3v) is 4.35. The number of rotatable bonds is 3. The highest BCUT2D eigenvalue weighted by molar-refractivity contribution is 5.87. The maximum Gasteiger partial charge on any atom is 0.120 e. The molecule has 0 aromatic heterocycles. The highest BCUT2D eigenvalue weighted by atomic mass is 16.3. The first-order valence-electron chi connectivity index (χ1n) is 7.23. The molecule has 1 N–H and O–H groups in total. The molecule has 100 valence electrons. The minimum atomic E-state index is 0.431. The van der Waals surface area contributed by atoms with Crippen LogP contribution in [0.5, 0.6) is 5.75 Å². The van der Waals surface area contributed by atoms with Gasteiger partial charge in [0.05, 0.1) is 0 Å². The number of aromatic hydroxyl groups is 1. The molecule has 0 bridgehead atoms. The SMILES string of the molecule is CCC1CCCN1Cc1c(O)ccc2ccccc12. The zero-order valence-electron chi connectivity index (χ0n) is 11.5. The van der Waals surface area contributed by atoms with E-state index in [-0.39, 0.29) is 0 Å². The Kier molecular flexibility index (Phi) is 3.43. The lowest BCUT2D eigenvalue weighted by atomic mass is 10.0. The zero-order valence-corrected chi connectivity index (χ0v) is 11.5. The van der Waals surface area contributed by atoms with Gasteiger partial charge >= 0.3 is 0 Å². The van der Waals surface area contributed by atoms with Gasteiger partial charge in [0.1, 0.15) is 5.75 Å². The summed E-state index contributed by atoms with van der Waals surface area (Å²) in [5.74, 6) is 0.431. The summed E-state index contributed by atoms with van der Waals surface area (Å²) >= 11 is 0. The maximum atomic E-state index is 10.2. The average molecular weight is 255 g/mol. The number of likely N-dealkylation sites (tertiary alicyclic amines) is 1. The van der Waals surface area contributed by atoms with Crippen molar-refractivity contribution >= 4 is 10.8 Å². The van der Waals surface area contributed by atoms with Crippen LogP contribution in [0, 0.1) is 0 Å². The molecule has 0 spiro atoms. The van der Waals surface area contributed by atoms with Crippen LogP contribution in [0.3, 0.4) is 0 Å². The molecule has 2 aromatic carbocycles. The molecule has 1 aliphatic rings. The summed E-state index contributed by atoms with van der Waals surface area (Å²) in [5.41, 5.74) is 1.08. The van der Waals surface area contributed by atoms with Gasteiger partial charge in [-0.15, -0.1) is 0 Å². The van der Waals surface area contributed by atoms with E-state index < -0.39 is 0 Å². The van der Waals surface area contributed by atoms with Crippen LogP contribution in [0.4, 0.5) is 0 Å². The van der Waals surface area contributed by atoms with Crippen LogP contribution in [0.2, 0.25) is 0 Å². The highest BCUT2D eigenvalue weighted by Gasteiger charge is 2.24. The monoisotopic (exact) mass is 255 g/mol. The molecule has 2 nitrogen and oxygen atoms in total. The van der Waals surface area contributed by atoms with E-state index in [4.69, 9.17) is 0 Å². The largest absolute Gasteiger partial charge is 0.508 e. The Morgan fingerprint density at radius 3 is 2.89 bits per heavy atom. The van der Waals surface area contributed by atoms with E-state index in [9.17, 15) is 5.11 Å². The zero-order chi connectivity index (χ0) is 13.2. The molecule has 2 aromatic rings. The van der Waals surface area contributed by atoms with E-state index in [0.29, 0.717) is 11.8 Å². The molecule has 1 atom stereocenters. The fourth-order valence-electron chi connectivity index (χ4n) is 3.26. The third kappa shape index (κ3) is 2.33. The lowest BCUT2D eigenvalue weighted by molar-refractivity contribution is 0.238. The fraction of sp³-hybridized carbons (Fsp3) is 0.412. The minimum absolute atomic E-state index is 0.431. The quantitative estimate of drug-likeness (QED) is 0.898. The Balaban J connectivity index is 1.98. The number of phenolic OH excluding ortho intramolecular Hbond substituents is 1. The van der Waals surface area contributed by atoms with Gasteiger partial charge in [0.15, 0.2) is 0 Å². The van der Waals surface area contributed by atoms with Crippen LogP contribution in [0.15, 0.2) is 36.4 Å². The summed E-state index contributed by atoms with van der Waals surface area (Å²) < 4.78 is 0. The number of nitrogens with zero attached hydrogens (tertiary/aromatic N) is 1. The van der Waals surface area contributed by atoms with Crippen LogP contribution in [0.1, 0.15) is 31.7 Å². The number of phenols is 1. The molecule has 0 amide bonds. The summed E-state index contributed by atoms with van der Waals surface area (Å²) in [4.78, 5) is 2.52. The lowest BCUT2D eigenvalue weighted by Crippen LogP contribution is -2.28. The van der Waals surface area contributed by atoms with Gasteiger partial charge in [-0.3, -0.25) is 4.90 Å². The molecular formula is C17H21NO. The Bertz CT molecular complexity index is 578. The van der Waals surface area contributed by atoms with E-state index in [1.165, 1.54) is 30.0 Å². The number of hydrogen-bond donors (Lipinski definition) is 1. The normalized spacial score (nSPS) is 20.2. The van der Waals surface area contributed by atoms with E-state index in [1.54, 1.807) is 0 Å². The van der Waals surface area contributed by atoms with Gasteiger partial charge < -0.3 is 5.11 Å². The summed E-state index contributed by atoms with van der Waals surface area (Å²) in [5, 5.41) is 12.6. The van der Waals surface area contributed by atoms with Gasteiger partial charge in [0, 0.05) is 18.2 Å². The van der Waals surface area contributed by atoms with Crippen molar-refractivity contribution in [3.8, 4) is 5.75 Å². The van der Waals surface area contributed by atoms with Crippen LogP contribution in [0.25, 0.3) is 10.8 Å². The summed E-state index contributed by atoms with van der Waals surface area (Å²) in [6.45, 7) is 4.28. The molecule has 1 unspecified atom stereocenters. The first-order valence-corrected chi connectivity index (χ1v) is 7.23. The molecule has 1 aliphatic heterocycles. The van der Waals surface area contributed by atoms with Crippen LogP contribution in [-0.4, -0.2) is 22.6 Å². The number of benzene rings is 2. The fourth-order valence-corrected chi connectivity index (χ4v) is 3.26. The predicted molar refractivity (Wildman–Crippen MR) is 79.3 cm³/mol. The molecule has 0 saturated carbocycles. The van der Waals surface area contributed by atoms with Crippen molar-refractivity contribution in [1.82, 2.24) is 4.90 Å². The summed E-state index contributed by atoms with van der Waals surface area (Å²) in [6.07, 6.45) is 3.78. The molecule has 1 heterocycles. The van der Waals surface area contributed by atoms with Crippen molar-refractivity contribution in [2.75, 3.05) is 6.54 Å². The Morgan fingerprint density at radius 1 is 1.21 bits per heavy atom. The van der Waals surface area contributed by atoms with Gasteiger partial charge in [-0.25, -0.2) is 0 Å². The van der Waals surface area contributed by atoms with Gasteiger partial charge in [0.2, 0.25) is 0 Å². The second-order valence-electron chi connectivity index (χ2n) is 5.46. The average Bonchev–Trinajstić information content (AvgIpc) is 2.89. The Labute approximate surface area is 114 Å². The second kappa shape index (κ2) is 5.22. The molecule has 1 fully saturated rings. The van der Waals surface area contributed by atoms with Crippen LogP contribution in [-0.2, 0) is 6.54 Å². The van der Waals surface area contributed by atoms with Crippen molar-refractivity contribution in [1.29, 1.82) is 0 Å². The molecule has 19 heavy (non-hydrogen) atoms. The van der Waals surface area contributed by atoms with Gasteiger partial charge in [-0.1, -0.05) is 37.3 Å². The van der Waals surface area contributed by atoms with E-state index in [1.807, 2.05) is 24.3 Å². The highest BCUT2D eigenvalue weighted by Crippen LogP contribution is 2.31. The van der Waals surface area contributed by atoms with Crippen molar-refractivity contribution in [2.45, 2.75) is 38.8 Å². The molecule has 2 heteroatoms. The second-order valence-corrected chi connectivity index (χ2v) is 5.46. The first-order chi connectivity index (χ1) is 9.29. The molecule has 3 rings (SSSR count). The lowest BCUT2D eigenvalue weighted by Gasteiger charge is -2.24. The Hall–Kier alpha value is -1.54. The third-order valence-electron chi connectivity index (χ3n) is 4.35. The topological polar surface area (TPSA) is 23.5 Å². The summed E-state index contributed by atoms with van der Waals surface area (Å²) in [6, 6.07) is 12.8. The standard InChI is InChI=1S/C17H21NO/c1-2-14-7-5-11-18(14)12-16-15-8-4-3-6-13(15)9-10-17(16)19/h3-4,6,8-10,14,19H,2,5,7,11-12H2,1H3.